The summed E-state index contributed by atoms with van der Waals surface area (Å²) in [6, 6.07) is 7.39. The summed E-state index contributed by atoms with van der Waals surface area (Å²) < 4.78 is 27.4. The first-order valence-electron chi connectivity index (χ1n) is 11.2. The fraction of sp³-hybridized carbons (Fsp3) is 0.417. The zero-order chi connectivity index (χ0) is 25.3. The molecule has 2 aromatic rings. The van der Waals surface area contributed by atoms with E-state index < -0.39 is 21.9 Å². The molecule has 34 heavy (non-hydrogen) atoms. The maximum atomic E-state index is 12.7. The summed E-state index contributed by atoms with van der Waals surface area (Å²) >= 11 is 0. The van der Waals surface area contributed by atoms with Gasteiger partial charge in [-0.05, 0) is 48.6 Å². The van der Waals surface area contributed by atoms with Gasteiger partial charge in [0.1, 0.15) is 0 Å². The molecule has 1 heterocycles. The first-order chi connectivity index (χ1) is 16.0. The number of aromatic carboxylic acids is 1. The lowest BCUT2D eigenvalue weighted by atomic mass is 10.0. The lowest BCUT2D eigenvalue weighted by Gasteiger charge is -2.11. The molecule has 1 aromatic heterocycles. The van der Waals surface area contributed by atoms with Crippen molar-refractivity contribution >= 4 is 27.8 Å². The van der Waals surface area contributed by atoms with Crippen LogP contribution >= 0.6 is 0 Å². The molecule has 10 heteroatoms. The maximum Gasteiger partial charge on any atom is 0.354 e. The molecule has 0 saturated heterocycles. The molecule has 0 saturated carbocycles. The van der Waals surface area contributed by atoms with Crippen molar-refractivity contribution in [2.45, 2.75) is 57.8 Å². The van der Waals surface area contributed by atoms with E-state index in [1.165, 1.54) is 18.2 Å². The molecule has 0 aliphatic rings. The summed E-state index contributed by atoms with van der Waals surface area (Å²) in [5, 5.41) is 12.1. The SMILES string of the molecule is CCCCCc1cc(C(=O)NS(=O)(=O)c2ccc(CCNC(=O)C(C)C)cc2)cnc1C(=O)O. The van der Waals surface area contributed by atoms with Crippen molar-refractivity contribution in [1.82, 2.24) is 15.0 Å². The number of benzene rings is 1. The number of nitrogens with zero attached hydrogens (tertiary/aromatic N) is 1. The smallest absolute Gasteiger partial charge is 0.354 e. The number of sulfonamides is 1. The predicted molar refractivity (Wildman–Crippen MR) is 127 cm³/mol. The number of unbranched alkanes of at least 4 members (excludes halogenated alkanes) is 2. The number of carboxylic acids is 1. The first kappa shape index (κ1) is 27.0. The quantitative estimate of drug-likeness (QED) is 0.389. The number of carbonyl (C=O) groups is 3. The molecular formula is C24H31N3O6S. The van der Waals surface area contributed by atoms with E-state index in [-0.39, 0.29) is 28.0 Å². The Morgan fingerprint density at radius 2 is 1.74 bits per heavy atom. The van der Waals surface area contributed by atoms with Gasteiger partial charge in [-0.1, -0.05) is 45.7 Å². The van der Waals surface area contributed by atoms with Gasteiger partial charge >= 0.3 is 5.97 Å². The second kappa shape index (κ2) is 12.3. The number of pyridine rings is 1. The minimum atomic E-state index is -4.14. The first-order valence-corrected chi connectivity index (χ1v) is 12.7. The summed E-state index contributed by atoms with van der Waals surface area (Å²) in [4.78, 5) is 39.4. The van der Waals surface area contributed by atoms with Crippen LogP contribution in [0.3, 0.4) is 0 Å². The Morgan fingerprint density at radius 1 is 1.06 bits per heavy atom. The molecule has 0 atom stereocenters. The Labute approximate surface area is 200 Å². The highest BCUT2D eigenvalue weighted by atomic mass is 32.2. The molecule has 0 spiro atoms. The molecule has 0 aliphatic carbocycles. The van der Waals surface area contributed by atoms with Crippen molar-refractivity contribution in [3.8, 4) is 0 Å². The van der Waals surface area contributed by atoms with Crippen molar-refractivity contribution in [3.63, 3.8) is 0 Å². The van der Waals surface area contributed by atoms with Crippen LogP contribution in [0.1, 0.15) is 72.0 Å². The van der Waals surface area contributed by atoms with Crippen molar-refractivity contribution in [3.05, 3.63) is 58.9 Å². The second-order valence-corrected chi connectivity index (χ2v) is 9.95. The molecule has 0 bridgehead atoms. The number of carbonyl (C=O) groups excluding carboxylic acids is 2. The number of carboxylic acid groups (broad SMARTS) is 1. The molecule has 2 amide bonds. The number of nitrogens with one attached hydrogen (secondary N) is 2. The fourth-order valence-corrected chi connectivity index (χ4v) is 4.17. The third kappa shape index (κ3) is 7.65. The maximum absolute atomic E-state index is 12.7. The average Bonchev–Trinajstić information content (AvgIpc) is 2.79. The number of amides is 2. The molecule has 0 fully saturated rings. The summed E-state index contributed by atoms with van der Waals surface area (Å²) in [5.74, 6) is -2.25. The highest BCUT2D eigenvalue weighted by molar-refractivity contribution is 7.90. The lowest BCUT2D eigenvalue weighted by Crippen LogP contribution is -2.31. The van der Waals surface area contributed by atoms with Crippen LogP contribution in [0, 0.1) is 5.92 Å². The zero-order valence-corrected chi connectivity index (χ0v) is 20.4. The van der Waals surface area contributed by atoms with E-state index >= 15 is 0 Å². The van der Waals surface area contributed by atoms with E-state index in [2.05, 4.69) is 10.3 Å². The van der Waals surface area contributed by atoms with Gasteiger partial charge in [0.15, 0.2) is 5.69 Å². The van der Waals surface area contributed by atoms with Gasteiger partial charge in [0, 0.05) is 18.7 Å². The monoisotopic (exact) mass is 489 g/mol. The average molecular weight is 490 g/mol. The second-order valence-electron chi connectivity index (χ2n) is 8.27. The van der Waals surface area contributed by atoms with Crippen LogP contribution in [0.15, 0.2) is 41.4 Å². The Hall–Kier alpha value is -3.27. The van der Waals surface area contributed by atoms with E-state index in [4.69, 9.17) is 0 Å². The van der Waals surface area contributed by atoms with Gasteiger partial charge in [-0.25, -0.2) is 22.9 Å². The molecule has 0 aliphatic heterocycles. The van der Waals surface area contributed by atoms with Gasteiger partial charge in [-0.15, -0.1) is 0 Å². The molecule has 2 rings (SSSR count). The third-order valence-corrected chi connectivity index (χ3v) is 6.53. The van der Waals surface area contributed by atoms with Gasteiger partial charge in [0.25, 0.3) is 15.9 Å². The van der Waals surface area contributed by atoms with Crippen LogP contribution in [-0.2, 0) is 27.7 Å². The number of hydrogen-bond donors (Lipinski definition) is 3. The van der Waals surface area contributed by atoms with Gasteiger partial charge in [0.2, 0.25) is 5.91 Å². The Balaban J connectivity index is 2.09. The number of hydrogen-bond acceptors (Lipinski definition) is 6. The number of aryl methyl sites for hydroxylation is 1. The van der Waals surface area contributed by atoms with Gasteiger partial charge < -0.3 is 10.4 Å². The minimum absolute atomic E-state index is 0.0300. The van der Waals surface area contributed by atoms with Gasteiger partial charge in [0.05, 0.1) is 10.5 Å². The lowest BCUT2D eigenvalue weighted by molar-refractivity contribution is -0.123. The topological polar surface area (TPSA) is 143 Å². The highest BCUT2D eigenvalue weighted by Gasteiger charge is 2.21. The summed E-state index contributed by atoms with van der Waals surface area (Å²) in [6.45, 7) is 6.04. The number of aromatic nitrogens is 1. The van der Waals surface area contributed by atoms with Crippen LogP contribution in [0.4, 0.5) is 0 Å². The van der Waals surface area contributed by atoms with E-state index in [9.17, 15) is 27.9 Å². The van der Waals surface area contributed by atoms with Crippen LogP contribution in [0.5, 0.6) is 0 Å². The fourth-order valence-electron chi connectivity index (χ4n) is 3.19. The van der Waals surface area contributed by atoms with Crippen LogP contribution in [0.25, 0.3) is 0 Å². The largest absolute Gasteiger partial charge is 0.477 e. The Kier molecular flexibility index (Phi) is 9.73. The summed E-state index contributed by atoms with van der Waals surface area (Å²) in [5.41, 5.74) is 1.05. The molecular weight excluding hydrogens is 458 g/mol. The molecule has 0 unspecified atom stereocenters. The van der Waals surface area contributed by atoms with Crippen molar-refractivity contribution in [2.24, 2.45) is 5.92 Å². The third-order valence-electron chi connectivity index (χ3n) is 5.18. The van der Waals surface area contributed by atoms with Crippen molar-refractivity contribution in [1.29, 1.82) is 0 Å². The molecule has 3 N–H and O–H groups in total. The standard InChI is InChI=1S/C24H31N3O6S/c1-4-5-6-7-18-14-19(15-26-21(18)24(30)31)23(29)27-34(32,33)20-10-8-17(9-11-20)12-13-25-22(28)16(2)3/h8-11,14-16H,4-7,12-13H2,1-3H3,(H,25,28)(H,27,29)(H,30,31). The molecule has 184 valence electrons. The van der Waals surface area contributed by atoms with E-state index in [1.807, 2.05) is 11.6 Å². The van der Waals surface area contributed by atoms with Gasteiger partial charge in [-0.3, -0.25) is 9.59 Å². The normalized spacial score (nSPS) is 11.3. The number of rotatable bonds is 12. The van der Waals surface area contributed by atoms with E-state index in [0.717, 1.165) is 31.0 Å². The van der Waals surface area contributed by atoms with Gasteiger partial charge in [-0.2, -0.15) is 0 Å². The van der Waals surface area contributed by atoms with Crippen LogP contribution < -0.4 is 10.0 Å². The molecule has 9 nitrogen and oxygen atoms in total. The van der Waals surface area contributed by atoms with E-state index in [1.54, 1.807) is 26.0 Å². The molecule has 0 radical (unpaired) electrons. The predicted octanol–water partition coefficient (Wildman–Crippen LogP) is 2.95. The Bertz CT molecular complexity index is 1130. The zero-order valence-electron chi connectivity index (χ0n) is 19.6. The van der Waals surface area contributed by atoms with Crippen LogP contribution in [0.2, 0.25) is 0 Å². The van der Waals surface area contributed by atoms with Crippen molar-refractivity contribution in [2.75, 3.05) is 6.54 Å². The summed E-state index contributed by atoms with van der Waals surface area (Å²) in [7, 11) is -4.14. The van der Waals surface area contributed by atoms with E-state index in [0.29, 0.717) is 24.9 Å². The highest BCUT2D eigenvalue weighted by Crippen LogP contribution is 2.16. The Morgan fingerprint density at radius 3 is 2.32 bits per heavy atom. The molecule has 1 aromatic carbocycles. The summed E-state index contributed by atoms with van der Waals surface area (Å²) in [6.07, 6.45) is 4.59. The van der Waals surface area contributed by atoms with Crippen molar-refractivity contribution < 1.29 is 27.9 Å². The minimum Gasteiger partial charge on any atom is -0.477 e. The van der Waals surface area contributed by atoms with Crippen LogP contribution in [-0.4, -0.2) is 42.8 Å².